The SMILES string of the molecule is CC(C(=O)NCC(F)(F)F)N1CCC(Cc2ccccc2)CC1. The minimum atomic E-state index is -4.36. The van der Waals surface area contributed by atoms with Gasteiger partial charge in [0.25, 0.3) is 0 Å². The Hall–Kier alpha value is -1.56. The van der Waals surface area contributed by atoms with E-state index >= 15 is 0 Å². The Bertz CT molecular complexity index is 496. The Morgan fingerprint density at radius 2 is 1.87 bits per heavy atom. The van der Waals surface area contributed by atoms with Gasteiger partial charge in [-0.1, -0.05) is 30.3 Å². The topological polar surface area (TPSA) is 32.3 Å². The Labute approximate surface area is 134 Å². The molecule has 1 aromatic rings. The van der Waals surface area contributed by atoms with Crippen molar-refractivity contribution >= 4 is 5.91 Å². The summed E-state index contributed by atoms with van der Waals surface area (Å²) in [5.74, 6) is 0.0166. The summed E-state index contributed by atoms with van der Waals surface area (Å²) in [6, 6.07) is 9.75. The fraction of sp³-hybridized carbons (Fsp3) is 0.588. The molecule has 23 heavy (non-hydrogen) atoms. The second kappa shape index (κ2) is 7.81. The van der Waals surface area contributed by atoms with E-state index in [0.29, 0.717) is 5.92 Å². The lowest BCUT2D eigenvalue weighted by molar-refractivity contribution is -0.141. The Morgan fingerprint density at radius 1 is 1.26 bits per heavy atom. The van der Waals surface area contributed by atoms with E-state index in [1.165, 1.54) is 5.56 Å². The maximum absolute atomic E-state index is 12.2. The number of nitrogens with zero attached hydrogens (tertiary/aromatic N) is 1. The normalized spacial score (nSPS) is 18.6. The molecule has 1 saturated heterocycles. The largest absolute Gasteiger partial charge is 0.405 e. The van der Waals surface area contributed by atoms with Crippen LogP contribution in [0.4, 0.5) is 13.2 Å². The molecule has 1 aliphatic heterocycles. The van der Waals surface area contributed by atoms with Gasteiger partial charge in [0.05, 0.1) is 6.04 Å². The molecule has 0 aliphatic carbocycles. The Morgan fingerprint density at radius 3 is 2.43 bits per heavy atom. The van der Waals surface area contributed by atoms with Crippen LogP contribution in [0.2, 0.25) is 0 Å². The second-order valence-electron chi connectivity index (χ2n) is 6.18. The molecule has 1 aliphatic rings. The van der Waals surface area contributed by atoms with Gasteiger partial charge in [-0.25, -0.2) is 0 Å². The molecule has 1 amide bonds. The van der Waals surface area contributed by atoms with Gasteiger partial charge in [0.15, 0.2) is 0 Å². The number of alkyl halides is 3. The summed E-state index contributed by atoms with van der Waals surface area (Å²) in [5, 5.41) is 1.97. The molecule has 1 unspecified atom stereocenters. The van der Waals surface area contributed by atoms with Crippen molar-refractivity contribution in [2.75, 3.05) is 19.6 Å². The monoisotopic (exact) mass is 328 g/mol. The molecule has 2 rings (SSSR count). The highest BCUT2D eigenvalue weighted by Gasteiger charge is 2.31. The summed E-state index contributed by atoms with van der Waals surface area (Å²) < 4.78 is 36.5. The first kappa shape index (κ1) is 17.8. The number of rotatable bonds is 5. The van der Waals surface area contributed by atoms with Gasteiger partial charge < -0.3 is 5.32 Å². The first-order chi connectivity index (χ1) is 10.8. The maximum atomic E-state index is 12.2. The lowest BCUT2D eigenvalue weighted by Crippen LogP contribution is -2.49. The lowest BCUT2D eigenvalue weighted by Gasteiger charge is -2.35. The predicted octanol–water partition coefficient (Wildman–Crippen LogP) is 3.01. The molecule has 1 aromatic carbocycles. The minimum absolute atomic E-state index is 0.518. The van der Waals surface area contributed by atoms with Gasteiger partial charge >= 0.3 is 6.18 Å². The van der Waals surface area contributed by atoms with Crippen molar-refractivity contribution in [1.82, 2.24) is 10.2 Å². The standard InChI is InChI=1S/C17H23F3N2O/c1-13(16(23)21-12-17(18,19)20)22-9-7-15(8-10-22)11-14-5-3-2-4-6-14/h2-6,13,15H,7-12H2,1H3,(H,21,23). The summed E-state index contributed by atoms with van der Waals surface area (Å²) in [6.07, 6.45) is -1.42. The van der Waals surface area contributed by atoms with E-state index in [0.717, 1.165) is 32.4 Å². The number of halogens is 3. The number of amides is 1. The van der Waals surface area contributed by atoms with Gasteiger partial charge in [-0.2, -0.15) is 13.2 Å². The van der Waals surface area contributed by atoms with Crippen molar-refractivity contribution in [1.29, 1.82) is 0 Å². The molecule has 0 spiro atoms. The first-order valence-electron chi connectivity index (χ1n) is 7.97. The predicted molar refractivity (Wildman–Crippen MR) is 83.0 cm³/mol. The molecular weight excluding hydrogens is 305 g/mol. The minimum Gasteiger partial charge on any atom is -0.346 e. The number of carbonyl (C=O) groups excluding carboxylic acids is 1. The van der Waals surface area contributed by atoms with E-state index < -0.39 is 24.7 Å². The Kier molecular flexibility index (Phi) is 6.04. The molecule has 0 bridgehead atoms. The van der Waals surface area contributed by atoms with Gasteiger partial charge in [-0.3, -0.25) is 9.69 Å². The number of hydrogen-bond donors (Lipinski definition) is 1. The molecule has 6 heteroatoms. The van der Waals surface area contributed by atoms with Crippen molar-refractivity contribution in [3.8, 4) is 0 Å². The maximum Gasteiger partial charge on any atom is 0.405 e. The summed E-state index contributed by atoms with van der Waals surface area (Å²) in [4.78, 5) is 13.8. The molecule has 0 aromatic heterocycles. The van der Waals surface area contributed by atoms with E-state index in [4.69, 9.17) is 0 Å². The average molecular weight is 328 g/mol. The summed E-state index contributed by atoms with van der Waals surface area (Å²) in [6.45, 7) is 1.90. The van der Waals surface area contributed by atoms with Crippen molar-refractivity contribution in [2.45, 2.75) is 38.4 Å². The summed E-state index contributed by atoms with van der Waals surface area (Å²) in [5.41, 5.74) is 1.31. The molecule has 0 radical (unpaired) electrons. The summed E-state index contributed by atoms with van der Waals surface area (Å²) >= 11 is 0. The van der Waals surface area contributed by atoms with Gasteiger partial charge in [0.1, 0.15) is 6.54 Å². The number of nitrogens with one attached hydrogen (secondary N) is 1. The van der Waals surface area contributed by atoms with Crippen LogP contribution in [0.3, 0.4) is 0 Å². The molecule has 1 fully saturated rings. The zero-order valence-electron chi connectivity index (χ0n) is 13.3. The van der Waals surface area contributed by atoms with Crippen LogP contribution in [0, 0.1) is 5.92 Å². The van der Waals surface area contributed by atoms with E-state index in [-0.39, 0.29) is 0 Å². The van der Waals surface area contributed by atoms with E-state index in [1.54, 1.807) is 6.92 Å². The third-order valence-corrected chi connectivity index (χ3v) is 4.41. The second-order valence-corrected chi connectivity index (χ2v) is 6.18. The Balaban J connectivity index is 1.76. The van der Waals surface area contributed by atoms with Crippen LogP contribution in [-0.4, -0.2) is 42.7 Å². The third kappa shape index (κ3) is 5.86. The van der Waals surface area contributed by atoms with Gasteiger partial charge in [-0.05, 0) is 50.8 Å². The lowest BCUT2D eigenvalue weighted by atomic mass is 9.89. The van der Waals surface area contributed by atoms with E-state index in [1.807, 2.05) is 28.4 Å². The third-order valence-electron chi connectivity index (χ3n) is 4.41. The van der Waals surface area contributed by atoms with Crippen LogP contribution in [0.25, 0.3) is 0 Å². The number of piperidine rings is 1. The van der Waals surface area contributed by atoms with Crippen molar-refractivity contribution in [2.24, 2.45) is 5.92 Å². The average Bonchev–Trinajstić information content (AvgIpc) is 2.53. The number of likely N-dealkylation sites (tertiary alicyclic amines) is 1. The van der Waals surface area contributed by atoms with Crippen molar-refractivity contribution in [3.05, 3.63) is 35.9 Å². The molecule has 0 saturated carbocycles. The quantitative estimate of drug-likeness (QED) is 0.901. The number of benzene rings is 1. The molecule has 1 heterocycles. The molecule has 128 valence electrons. The van der Waals surface area contributed by atoms with E-state index in [9.17, 15) is 18.0 Å². The zero-order valence-corrected chi connectivity index (χ0v) is 13.3. The molecular formula is C17H23F3N2O. The number of carbonyl (C=O) groups is 1. The van der Waals surface area contributed by atoms with Crippen molar-refractivity contribution in [3.63, 3.8) is 0 Å². The van der Waals surface area contributed by atoms with Crippen LogP contribution in [-0.2, 0) is 11.2 Å². The fourth-order valence-corrected chi connectivity index (χ4v) is 2.99. The van der Waals surface area contributed by atoms with E-state index in [2.05, 4.69) is 12.1 Å². The highest BCUT2D eigenvalue weighted by Crippen LogP contribution is 2.23. The van der Waals surface area contributed by atoms with Crippen LogP contribution < -0.4 is 5.32 Å². The smallest absolute Gasteiger partial charge is 0.346 e. The molecule has 1 N–H and O–H groups in total. The highest BCUT2D eigenvalue weighted by molar-refractivity contribution is 5.81. The van der Waals surface area contributed by atoms with Crippen molar-refractivity contribution < 1.29 is 18.0 Å². The summed E-state index contributed by atoms with van der Waals surface area (Å²) in [7, 11) is 0. The van der Waals surface area contributed by atoms with Crippen LogP contribution in [0.15, 0.2) is 30.3 Å². The number of hydrogen-bond acceptors (Lipinski definition) is 2. The van der Waals surface area contributed by atoms with Gasteiger partial charge in [0, 0.05) is 0 Å². The highest BCUT2D eigenvalue weighted by atomic mass is 19.4. The van der Waals surface area contributed by atoms with Crippen LogP contribution in [0.5, 0.6) is 0 Å². The molecule has 1 atom stereocenters. The van der Waals surface area contributed by atoms with Crippen LogP contribution in [0.1, 0.15) is 25.3 Å². The molecule has 3 nitrogen and oxygen atoms in total. The zero-order chi connectivity index (χ0) is 16.9. The van der Waals surface area contributed by atoms with Gasteiger partial charge in [-0.15, -0.1) is 0 Å². The van der Waals surface area contributed by atoms with Crippen LogP contribution >= 0.6 is 0 Å². The van der Waals surface area contributed by atoms with Gasteiger partial charge in [0.2, 0.25) is 5.91 Å². The first-order valence-corrected chi connectivity index (χ1v) is 7.97. The fourth-order valence-electron chi connectivity index (χ4n) is 2.99.